The maximum Gasteiger partial charge on any atom is 0.251 e. The predicted octanol–water partition coefficient (Wildman–Crippen LogP) is 2.27. The lowest BCUT2D eigenvalue weighted by Gasteiger charge is -2.08. The summed E-state index contributed by atoms with van der Waals surface area (Å²) in [5.41, 5.74) is 4.63. The molecule has 3 aromatic rings. The zero-order chi connectivity index (χ0) is 18.5. The molecule has 134 valence electrons. The molecule has 0 unspecified atom stereocenters. The number of carbonyl (C=O) groups excluding carboxylic acids is 2. The third-order valence-corrected chi connectivity index (χ3v) is 4.30. The van der Waals surface area contributed by atoms with Crippen LogP contribution in [0.25, 0.3) is 11.0 Å². The highest BCUT2D eigenvalue weighted by molar-refractivity contribution is 5.96. The van der Waals surface area contributed by atoms with E-state index in [4.69, 9.17) is 0 Å². The molecule has 0 aliphatic carbocycles. The van der Waals surface area contributed by atoms with Crippen LogP contribution in [0, 0.1) is 13.8 Å². The normalized spacial score (nSPS) is 10.7. The summed E-state index contributed by atoms with van der Waals surface area (Å²) in [7, 11) is 0. The number of H-pyrrole nitrogens is 1. The SMILES string of the molecule is Cc1ccc(C(=O)NCC(=O)NCCc2nc3ccccc3[nH]2)cc1C. The lowest BCUT2D eigenvalue weighted by Crippen LogP contribution is -2.37. The van der Waals surface area contributed by atoms with E-state index in [1.807, 2.05) is 50.2 Å². The van der Waals surface area contributed by atoms with Crippen LogP contribution < -0.4 is 10.6 Å². The molecule has 1 aromatic heterocycles. The second-order valence-electron chi connectivity index (χ2n) is 6.28. The highest BCUT2D eigenvalue weighted by Crippen LogP contribution is 2.10. The van der Waals surface area contributed by atoms with Gasteiger partial charge in [-0.05, 0) is 49.2 Å². The van der Waals surface area contributed by atoms with Crippen LogP contribution in [-0.2, 0) is 11.2 Å². The van der Waals surface area contributed by atoms with Crippen LogP contribution in [0.2, 0.25) is 0 Å². The minimum absolute atomic E-state index is 0.0497. The largest absolute Gasteiger partial charge is 0.354 e. The van der Waals surface area contributed by atoms with E-state index >= 15 is 0 Å². The Bertz CT molecular complexity index is 913. The molecule has 2 aromatic carbocycles. The van der Waals surface area contributed by atoms with E-state index < -0.39 is 0 Å². The van der Waals surface area contributed by atoms with E-state index in [2.05, 4.69) is 20.6 Å². The van der Waals surface area contributed by atoms with Gasteiger partial charge in [0.2, 0.25) is 5.91 Å². The van der Waals surface area contributed by atoms with E-state index in [0.717, 1.165) is 28.0 Å². The minimum Gasteiger partial charge on any atom is -0.354 e. The highest BCUT2D eigenvalue weighted by atomic mass is 16.2. The van der Waals surface area contributed by atoms with E-state index in [1.54, 1.807) is 6.07 Å². The Kier molecular flexibility index (Phi) is 5.31. The lowest BCUT2D eigenvalue weighted by molar-refractivity contribution is -0.120. The lowest BCUT2D eigenvalue weighted by atomic mass is 10.1. The van der Waals surface area contributed by atoms with Crippen molar-refractivity contribution in [3.8, 4) is 0 Å². The van der Waals surface area contributed by atoms with Gasteiger partial charge in [-0.3, -0.25) is 9.59 Å². The summed E-state index contributed by atoms with van der Waals surface area (Å²) in [4.78, 5) is 31.7. The third kappa shape index (κ3) is 4.27. The van der Waals surface area contributed by atoms with Gasteiger partial charge in [0.15, 0.2) is 0 Å². The maximum absolute atomic E-state index is 12.1. The van der Waals surface area contributed by atoms with Gasteiger partial charge in [-0.15, -0.1) is 0 Å². The average Bonchev–Trinajstić information content (AvgIpc) is 3.04. The van der Waals surface area contributed by atoms with Crippen LogP contribution in [-0.4, -0.2) is 34.9 Å². The number of amides is 2. The molecular formula is C20H22N4O2. The molecule has 0 atom stereocenters. The van der Waals surface area contributed by atoms with Crippen molar-refractivity contribution < 1.29 is 9.59 Å². The number of nitrogens with one attached hydrogen (secondary N) is 3. The molecule has 0 bridgehead atoms. The summed E-state index contributed by atoms with van der Waals surface area (Å²) in [5.74, 6) is 0.351. The monoisotopic (exact) mass is 350 g/mol. The van der Waals surface area contributed by atoms with Gasteiger partial charge in [-0.2, -0.15) is 0 Å². The van der Waals surface area contributed by atoms with Gasteiger partial charge >= 0.3 is 0 Å². The van der Waals surface area contributed by atoms with Crippen molar-refractivity contribution in [2.24, 2.45) is 0 Å². The minimum atomic E-state index is -0.250. The second kappa shape index (κ2) is 7.82. The molecule has 0 aliphatic rings. The molecule has 0 radical (unpaired) electrons. The molecule has 0 aliphatic heterocycles. The van der Waals surface area contributed by atoms with Gasteiger partial charge in [0.05, 0.1) is 17.6 Å². The van der Waals surface area contributed by atoms with Crippen LogP contribution in [0.1, 0.15) is 27.3 Å². The maximum atomic E-state index is 12.1. The predicted molar refractivity (Wildman–Crippen MR) is 101 cm³/mol. The Morgan fingerprint density at radius 2 is 1.85 bits per heavy atom. The summed E-state index contributed by atoms with van der Waals surface area (Å²) in [6, 6.07) is 13.3. The summed E-state index contributed by atoms with van der Waals surface area (Å²) >= 11 is 0. The number of imidazole rings is 1. The molecule has 0 saturated heterocycles. The zero-order valence-electron chi connectivity index (χ0n) is 14.9. The molecule has 0 spiro atoms. The van der Waals surface area contributed by atoms with Crippen LogP contribution in [0.4, 0.5) is 0 Å². The number of nitrogens with zero attached hydrogens (tertiary/aromatic N) is 1. The molecule has 3 N–H and O–H groups in total. The van der Waals surface area contributed by atoms with Crippen molar-refractivity contribution in [2.45, 2.75) is 20.3 Å². The Labute approximate surface area is 152 Å². The number of fused-ring (bicyclic) bond motifs is 1. The molecule has 0 saturated carbocycles. The quantitative estimate of drug-likeness (QED) is 0.637. The Morgan fingerprint density at radius 3 is 2.62 bits per heavy atom. The van der Waals surface area contributed by atoms with Crippen LogP contribution >= 0.6 is 0 Å². The van der Waals surface area contributed by atoms with Gasteiger partial charge in [-0.1, -0.05) is 18.2 Å². The third-order valence-electron chi connectivity index (χ3n) is 4.30. The van der Waals surface area contributed by atoms with E-state index in [0.29, 0.717) is 18.5 Å². The Balaban J connectivity index is 1.43. The fourth-order valence-corrected chi connectivity index (χ4v) is 2.65. The number of hydrogen-bond donors (Lipinski definition) is 3. The summed E-state index contributed by atoms with van der Waals surface area (Å²) < 4.78 is 0. The van der Waals surface area contributed by atoms with Crippen molar-refractivity contribution in [2.75, 3.05) is 13.1 Å². The van der Waals surface area contributed by atoms with Crippen LogP contribution in [0.5, 0.6) is 0 Å². The average molecular weight is 350 g/mol. The number of aromatic nitrogens is 2. The first-order valence-corrected chi connectivity index (χ1v) is 8.59. The van der Waals surface area contributed by atoms with Crippen molar-refractivity contribution in [1.29, 1.82) is 0 Å². The summed E-state index contributed by atoms with van der Waals surface area (Å²) in [6.07, 6.45) is 0.603. The highest BCUT2D eigenvalue weighted by Gasteiger charge is 2.09. The van der Waals surface area contributed by atoms with Gasteiger partial charge < -0.3 is 15.6 Å². The number of carbonyl (C=O) groups is 2. The Hall–Kier alpha value is -3.15. The zero-order valence-corrected chi connectivity index (χ0v) is 14.9. The topological polar surface area (TPSA) is 86.9 Å². The van der Waals surface area contributed by atoms with Crippen LogP contribution in [0.3, 0.4) is 0 Å². The van der Waals surface area contributed by atoms with Crippen molar-refractivity contribution in [3.05, 3.63) is 65.0 Å². The van der Waals surface area contributed by atoms with Crippen molar-refractivity contribution in [1.82, 2.24) is 20.6 Å². The molecule has 0 fully saturated rings. The van der Waals surface area contributed by atoms with Gasteiger partial charge in [0.1, 0.15) is 5.82 Å². The number of aryl methyl sites for hydroxylation is 2. The van der Waals surface area contributed by atoms with E-state index in [9.17, 15) is 9.59 Å². The number of para-hydroxylation sites is 2. The number of aromatic amines is 1. The molecule has 1 heterocycles. The molecule has 6 heteroatoms. The second-order valence-corrected chi connectivity index (χ2v) is 6.28. The smallest absolute Gasteiger partial charge is 0.251 e. The Morgan fingerprint density at radius 1 is 1.04 bits per heavy atom. The van der Waals surface area contributed by atoms with Crippen molar-refractivity contribution >= 4 is 22.8 Å². The molecular weight excluding hydrogens is 328 g/mol. The standard InChI is InChI=1S/C20H22N4O2/c1-13-7-8-15(11-14(13)2)20(26)22-12-19(25)21-10-9-18-23-16-5-3-4-6-17(16)24-18/h3-8,11H,9-10,12H2,1-2H3,(H,21,25)(H,22,26)(H,23,24). The fraction of sp³-hybridized carbons (Fsp3) is 0.250. The summed E-state index contributed by atoms with van der Waals surface area (Å²) in [6.45, 7) is 4.35. The van der Waals surface area contributed by atoms with Gasteiger partial charge in [0.25, 0.3) is 5.91 Å². The van der Waals surface area contributed by atoms with Gasteiger partial charge in [0, 0.05) is 18.5 Å². The fourth-order valence-electron chi connectivity index (χ4n) is 2.65. The van der Waals surface area contributed by atoms with Gasteiger partial charge in [-0.25, -0.2) is 4.98 Å². The molecule has 26 heavy (non-hydrogen) atoms. The number of hydrogen-bond acceptors (Lipinski definition) is 3. The number of rotatable bonds is 6. The van der Waals surface area contributed by atoms with E-state index in [-0.39, 0.29) is 18.4 Å². The first-order valence-electron chi connectivity index (χ1n) is 8.59. The molecule has 3 rings (SSSR count). The molecule has 6 nitrogen and oxygen atoms in total. The first-order chi connectivity index (χ1) is 12.5. The van der Waals surface area contributed by atoms with Crippen LogP contribution in [0.15, 0.2) is 42.5 Å². The van der Waals surface area contributed by atoms with E-state index in [1.165, 1.54) is 0 Å². The summed E-state index contributed by atoms with van der Waals surface area (Å²) in [5, 5.41) is 5.43. The number of benzene rings is 2. The first kappa shape index (κ1) is 17.7. The van der Waals surface area contributed by atoms with Crippen molar-refractivity contribution in [3.63, 3.8) is 0 Å². The molecule has 2 amide bonds.